The first-order chi connectivity index (χ1) is 11.8. The molecule has 0 aromatic carbocycles. The monoisotopic (exact) mass is 388 g/mol. The molecule has 132 valence electrons. The maximum atomic E-state index is 12.6. The van der Waals surface area contributed by atoms with Crippen molar-refractivity contribution >= 4 is 28.2 Å². The summed E-state index contributed by atoms with van der Waals surface area (Å²) in [5.41, 5.74) is -3.82. The topological polar surface area (TPSA) is 80.4 Å². The van der Waals surface area contributed by atoms with E-state index in [1.54, 1.807) is 12.3 Å². The van der Waals surface area contributed by atoms with E-state index in [4.69, 9.17) is 0 Å². The van der Waals surface area contributed by atoms with Crippen LogP contribution in [0.2, 0.25) is 0 Å². The molecule has 0 bridgehead atoms. The van der Waals surface area contributed by atoms with Crippen LogP contribution in [0.3, 0.4) is 0 Å². The Balaban J connectivity index is 2.07. The van der Waals surface area contributed by atoms with Gasteiger partial charge in [0.05, 0.1) is 6.20 Å². The van der Waals surface area contributed by atoms with E-state index in [0.29, 0.717) is 16.3 Å². The average Bonchev–Trinajstić information content (AvgIpc) is 2.96. The summed E-state index contributed by atoms with van der Waals surface area (Å²) in [4.78, 5) is 12.7. The first kappa shape index (κ1) is 17.7. The van der Waals surface area contributed by atoms with E-state index in [1.807, 2.05) is 6.92 Å². The van der Waals surface area contributed by atoms with Crippen molar-refractivity contribution in [2.75, 3.05) is 5.75 Å². The van der Waals surface area contributed by atoms with Crippen LogP contribution in [0.15, 0.2) is 40.8 Å². The number of thioether (sulfide) groups is 1. The molecule has 0 saturated heterocycles. The molecule has 1 N–H and O–H groups in total. The molecule has 0 aliphatic heterocycles. The second-order valence-corrected chi connectivity index (χ2v) is 7.53. The smallest absolute Gasteiger partial charge is 0.477 e. The van der Waals surface area contributed by atoms with Crippen molar-refractivity contribution in [1.29, 1.82) is 0 Å². The average molecular weight is 388 g/mol. The quantitative estimate of drug-likeness (QED) is 0.546. The molecule has 0 spiro atoms. The summed E-state index contributed by atoms with van der Waals surface area (Å²) in [6, 6.07) is 2.57. The lowest BCUT2D eigenvalue weighted by Crippen LogP contribution is -2.17. The summed E-state index contributed by atoms with van der Waals surface area (Å²) in [6.45, 7) is 1.94. The SMILES string of the molecule is CCSc1cc(O)cnc1-c1cn2cnc(S(=O)C(F)(F)F)cc2n1. The summed E-state index contributed by atoms with van der Waals surface area (Å²) in [5, 5.41) is 8.96. The van der Waals surface area contributed by atoms with Crippen LogP contribution in [0.25, 0.3) is 17.0 Å². The number of rotatable bonds is 4. The fourth-order valence-corrected chi connectivity index (χ4v) is 3.50. The number of alkyl halides is 3. The molecule has 6 nitrogen and oxygen atoms in total. The molecule has 0 radical (unpaired) electrons. The zero-order valence-corrected chi connectivity index (χ0v) is 14.3. The number of fused-ring (bicyclic) bond motifs is 1. The summed E-state index contributed by atoms with van der Waals surface area (Å²) < 4.78 is 50.6. The normalized spacial score (nSPS) is 13.3. The molecule has 11 heteroatoms. The standard InChI is InChI=1S/C14H11F3N4O2S2/c1-2-24-10-3-8(22)5-18-13(10)9-6-21-7-19-12(4-11(21)20-9)25(23)14(15,16)17/h3-7,22H,2H2,1H3. The highest BCUT2D eigenvalue weighted by Crippen LogP contribution is 2.32. The van der Waals surface area contributed by atoms with Crippen molar-refractivity contribution in [3.8, 4) is 17.1 Å². The molecule has 0 amide bonds. The third kappa shape index (κ3) is 3.61. The Morgan fingerprint density at radius 1 is 1.32 bits per heavy atom. The molecule has 0 aliphatic carbocycles. The number of aromatic nitrogens is 4. The molecule has 1 atom stereocenters. The number of imidazole rings is 1. The van der Waals surface area contributed by atoms with E-state index in [0.717, 1.165) is 18.1 Å². The highest BCUT2D eigenvalue weighted by Gasteiger charge is 2.39. The molecular formula is C14H11F3N4O2S2. The maximum Gasteiger partial charge on any atom is 0.477 e. The van der Waals surface area contributed by atoms with Gasteiger partial charge in [-0.2, -0.15) is 13.2 Å². The molecule has 1 unspecified atom stereocenters. The van der Waals surface area contributed by atoms with Gasteiger partial charge in [0.1, 0.15) is 34.1 Å². The van der Waals surface area contributed by atoms with Gasteiger partial charge in [-0.3, -0.25) is 4.40 Å². The van der Waals surface area contributed by atoms with E-state index in [-0.39, 0.29) is 11.4 Å². The number of halogens is 3. The van der Waals surface area contributed by atoms with Crippen molar-refractivity contribution in [3.63, 3.8) is 0 Å². The van der Waals surface area contributed by atoms with Gasteiger partial charge in [-0.25, -0.2) is 19.2 Å². The third-order valence-electron chi connectivity index (χ3n) is 3.10. The fraction of sp³-hybridized carbons (Fsp3) is 0.214. The van der Waals surface area contributed by atoms with Crippen molar-refractivity contribution in [3.05, 3.63) is 30.9 Å². The molecule has 0 fully saturated rings. The lowest BCUT2D eigenvalue weighted by atomic mass is 10.3. The Bertz CT molecular complexity index is 959. The second-order valence-electron chi connectivity index (χ2n) is 4.81. The van der Waals surface area contributed by atoms with Crippen molar-refractivity contribution < 1.29 is 22.5 Å². The molecule has 0 saturated carbocycles. The molecule has 3 aromatic heterocycles. The van der Waals surface area contributed by atoms with E-state index in [9.17, 15) is 22.5 Å². The van der Waals surface area contributed by atoms with Gasteiger partial charge in [-0.05, 0) is 11.8 Å². The Kier molecular flexibility index (Phi) is 4.69. The summed E-state index contributed by atoms with van der Waals surface area (Å²) in [7, 11) is -3.22. The van der Waals surface area contributed by atoms with Crippen LogP contribution < -0.4 is 0 Å². The lowest BCUT2D eigenvalue weighted by molar-refractivity contribution is -0.0386. The Morgan fingerprint density at radius 2 is 2.08 bits per heavy atom. The van der Waals surface area contributed by atoms with Crippen LogP contribution in [-0.4, -0.2) is 39.9 Å². The maximum absolute atomic E-state index is 12.6. The number of pyridine rings is 1. The van der Waals surface area contributed by atoms with Gasteiger partial charge >= 0.3 is 5.51 Å². The van der Waals surface area contributed by atoms with Crippen LogP contribution in [-0.2, 0) is 10.8 Å². The predicted molar refractivity (Wildman–Crippen MR) is 86.7 cm³/mol. The minimum Gasteiger partial charge on any atom is -0.506 e. The van der Waals surface area contributed by atoms with Gasteiger partial charge in [0.2, 0.25) is 0 Å². The molecular weight excluding hydrogens is 377 g/mol. The van der Waals surface area contributed by atoms with Crippen molar-refractivity contribution in [1.82, 2.24) is 19.4 Å². The zero-order valence-electron chi connectivity index (χ0n) is 12.7. The predicted octanol–water partition coefficient (Wildman–Crippen LogP) is 3.24. The number of aromatic hydroxyl groups is 1. The molecule has 25 heavy (non-hydrogen) atoms. The Hall–Kier alpha value is -2.14. The van der Waals surface area contributed by atoms with E-state index >= 15 is 0 Å². The first-order valence-corrected chi connectivity index (χ1v) is 9.08. The Morgan fingerprint density at radius 3 is 2.76 bits per heavy atom. The molecule has 3 heterocycles. The van der Waals surface area contributed by atoms with Gasteiger partial charge in [0.15, 0.2) is 10.8 Å². The van der Waals surface area contributed by atoms with Crippen molar-refractivity contribution in [2.45, 2.75) is 22.4 Å². The minimum absolute atomic E-state index is 0.00740. The van der Waals surface area contributed by atoms with Gasteiger partial charge < -0.3 is 5.11 Å². The highest BCUT2D eigenvalue weighted by atomic mass is 32.2. The van der Waals surface area contributed by atoms with Crippen LogP contribution in [0.1, 0.15) is 6.92 Å². The van der Waals surface area contributed by atoms with Gasteiger partial charge in [-0.1, -0.05) is 6.92 Å². The van der Waals surface area contributed by atoms with Gasteiger partial charge in [0.25, 0.3) is 0 Å². The largest absolute Gasteiger partial charge is 0.506 e. The minimum atomic E-state index is -4.88. The number of hydrogen-bond donors (Lipinski definition) is 1. The van der Waals surface area contributed by atoms with E-state index in [1.165, 1.54) is 22.4 Å². The zero-order chi connectivity index (χ0) is 18.2. The summed E-state index contributed by atoms with van der Waals surface area (Å²) in [6.07, 6.45) is 3.95. The molecule has 3 rings (SSSR count). The lowest BCUT2D eigenvalue weighted by Gasteiger charge is -2.05. The van der Waals surface area contributed by atoms with Crippen LogP contribution in [0, 0.1) is 0 Å². The van der Waals surface area contributed by atoms with Crippen LogP contribution in [0.4, 0.5) is 13.2 Å². The van der Waals surface area contributed by atoms with Crippen LogP contribution >= 0.6 is 11.8 Å². The van der Waals surface area contributed by atoms with Gasteiger partial charge in [0, 0.05) is 17.2 Å². The van der Waals surface area contributed by atoms with Crippen LogP contribution in [0.5, 0.6) is 5.75 Å². The highest BCUT2D eigenvalue weighted by molar-refractivity contribution is 7.99. The third-order valence-corrected chi connectivity index (χ3v) is 5.04. The number of hydrogen-bond acceptors (Lipinski definition) is 6. The van der Waals surface area contributed by atoms with Gasteiger partial charge in [-0.15, -0.1) is 11.8 Å². The first-order valence-electron chi connectivity index (χ1n) is 6.95. The fourth-order valence-electron chi connectivity index (χ4n) is 2.10. The summed E-state index contributed by atoms with van der Waals surface area (Å²) >= 11 is 1.45. The summed E-state index contributed by atoms with van der Waals surface area (Å²) in [5.74, 6) is 0.745. The Labute approximate surface area is 146 Å². The molecule has 0 aliphatic rings. The second kappa shape index (κ2) is 6.64. The molecule has 3 aromatic rings. The number of nitrogens with zero attached hydrogens (tertiary/aromatic N) is 4. The van der Waals surface area contributed by atoms with Crippen molar-refractivity contribution in [2.24, 2.45) is 0 Å². The van der Waals surface area contributed by atoms with E-state index in [2.05, 4.69) is 15.0 Å². The van der Waals surface area contributed by atoms with E-state index < -0.39 is 21.3 Å².